The van der Waals surface area contributed by atoms with Crippen LogP contribution >= 0.6 is 63.7 Å². The first kappa shape index (κ1) is 19.1. The Hall–Kier alpha value is 1.06. The SMILES string of the molecule is CCCOCc1c(Br)c(Br)c(Br)c(COCCC)c1Br. The Morgan fingerprint density at radius 2 is 1.05 bits per heavy atom. The van der Waals surface area contributed by atoms with Crippen LogP contribution < -0.4 is 0 Å². The average Bonchev–Trinajstić information content (AvgIpc) is 2.44. The van der Waals surface area contributed by atoms with Gasteiger partial charge in [-0.05, 0) is 76.6 Å². The molecule has 1 aromatic carbocycles. The third-order valence-corrected chi connectivity index (χ3v) is 7.20. The van der Waals surface area contributed by atoms with Crippen molar-refractivity contribution >= 4 is 63.7 Å². The maximum atomic E-state index is 5.67. The summed E-state index contributed by atoms with van der Waals surface area (Å²) in [5.41, 5.74) is 2.20. The number of hydrogen-bond donors (Lipinski definition) is 0. The third kappa shape index (κ3) is 5.06. The Morgan fingerprint density at radius 1 is 0.650 bits per heavy atom. The van der Waals surface area contributed by atoms with Crippen LogP contribution in [0.15, 0.2) is 17.9 Å². The van der Waals surface area contributed by atoms with Crippen LogP contribution in [0, 0.1) is 0 Å². The summed E-state index contributed by atoms with van der Waals surface area (Å²) in [5, 5.41) is 0. The Labute approximate surface area is 154 Å². The summed E-state index contributed by atoms with van der Waals surface area (Å²) in [5.74, 6) is 0. The van der Waals surface area contributed by atoms with Crippen molar-refractivity contribution in [1.82, 2.24) is 0 Å². The number of rotatable bonds is 8. The van der Waals surface area contributed by atoms with E-state index in [-0.39, 0.29) is 0 Å². The van der Waals surface area contributed by atoms with E-state index in [2.05, 4.69) is 77.6 Å². The second-order valence-corrected chi connectivity index (χ2v) is 7.49. The largest absolute Gasteiger partial charge is 0.377 e. The molecular formula is C14H18Br4O2. The molecule has 0 aliphatic carbocycles. The summed E-state index contributed by atoms with van der Waals surface area (Å²) in [4.78, 5) is 0. The third-order valence-electron chi connectivity index (χ3n) is 2.63. The number of hydrogen-bond acceptors (Lipinski definition) is 2. The van der Waals surface area contributed by atoms with E-state index in [0.29, 0.717) is 13.2 Å². The Bertz CT molecular complexity index is 412. The van der Waals surface area contributed by atoms with Crippen molar-refractivity contribution in [2.24, 2.45) is 0 Å². The van der Waals surface area contributed by atoms with E-state index in [4.69, 9.17) is 9.47 Å². The molecule has 2 nitrogen and oxygen atoms in total. The van der Waals surface area contributed by atoms with Crippen LogP contribution in [0.1, 0.15) is 37.8 Å². The zero-order valence-electron chi connectivity index (χ0n) is 11.6. The van der Waals surface area contributed by atoms with Crippen molar-refractivity contribution in [2.45, 2.75) is 39.9 Å². The second-order valence-electron chi connectivity index (χ2n) is 4.32. The molecule has 0 aromatic heterocycles. The zero-order chi connectivity index (χ0) is 15.1. The molecule has 114 valence electrons. The highest BCUT2D eigenvalue weighted by atomic mass is 79.9. The Balaban J connectivity index is 3.04. The topological polar surface area (TPSA) is 18.5 Å². The van der Waals surface area contributed by atoms with E-state index in [1.165, 1.54) is 0 Å². The maximum absolute atomic E-state index is 5.67. The van der Waals surface area contributed by atoms with E-state index in [1.54, 1.807) is 0 Å². The predicted molar refractivity (Wildman–Crippen MR) is 97.1 cm³/mol. The fourth-order valence-electron chi connectivity index (χ4n) is 1.63. The second kappa shape index (κ2) is 9.95. The molecule has 0 fully saturated rings. The highest BCUT2D eigenvalue weighted by Crippen LogP contribution is 2.42. The standard InChI is InChI=1S/C14H18Br4O2/c1-3-5-19-7-9-11(15)10(8-20-6-4-2)13(17)14(18)12(9)16/h3-8H2,1-2H3. The van der Waals surface area contributed by atoms with E-state index < -0.39 is 0 Å². The van der Waals surface area contributed by atoms with Crippen molar-refractivity contribution in [3.05, 3.63) is 29.0 Å². The molecule has 1 rings (SSSR count). The normalized spacial score (nSPS) is 11.1. The fourth-order valence-corrected chi connectivity index (χ4v) is 4.55. The van der Waals surface area contributed by atoms with E-state index in [0.717, 1.165) is 55.1 Å². The van der Waals surface area contributed by atoms with Gasteiger partial charge >= 0.3 is 0 Å². The van der Waals surface area contributed by atoms with Crippen molar-refractivity contribution < 1.29 is 9.47 Å². The lowest BCUT2D eigenvalue weighted by Crippen LogP contribution is -2.03. The summed E-state index contributed by atoms with van der Waals surface area (Å²) >= 11 is 14.5. The monoisotopic (exact) mass is 534 g/mol. The van der Waals surface area contributed by atoms with Gasteiger partial charge in [-0.15, -0.1) is 0 Å². The Kier molecular flexibility index (Phi) is 9.51. The number of benzene rings is 1. The summed E-state index contributed by atoms with van der Waals surface area (Å²) in [6.07, 6.45) is 2.03. The van der Waals surface area contributed by atoms with Gasteiger partial charge in [0.15, 0.2) is 0 Å². The fraction of sp³-hybridized carbons (Fsp3) is 0.571. The molecule has 0 bridgehead atoms. The van der Waals surface area contributed by atoms with Gasteiger partial charge in [-0.25, -0.2) is 0 Å². The first-order valence-electron chi connectivity index (χ1n) is 6.53. The summed E-state index contributed by atoms with van der Waals surface area (Å²) < 4.78 is 15.4. The molecule has 0 radical (unpaired) electrons. The Morgan fingerprint density at radius 3 is 1.40 bits per heavy atom. The van der Waals surface area contributed by atoms with Gasteiger partial charge in [0.1, 0.15) is 0 Å². The first-order chi connectivity index (χ1) is 9.54. The molecule has 0 unspecified atom stereocenters. The zero-order valence-corrected chi connectivity index (χ0v) is 17.9. The molecule has 20 heavy (non-hydrogen) atoms. The molecule has 0 saturated heterocycles. The average molecular weight is 538 g/mol. The smallest absolute Gasteiger partial charge is 0.0739 e. The molecule has 0 saturated carbocycles. The molecule has 1 aromatic rings. The molecule has 0 amide bonds. The molecule has 0 atom stereocenters. The van der Waals surface area contributed by atoms with E-state index in [1.807, 2.05) is 0 Å². The van der Waals surface area contributed by atoms with Crippen LogP contribution in [0.5, 0.6) is 0 Å². The van der Waals surface area contributed by atoms with Crippen LogP contribution in [0.25, 0.3) is 0 Å². The van der Waals surface area contributed by atoms with E-state index >= 15 is 0 Å². The molecule has 0 aliphatic heterocycles. The van der Waals surface area contributed by atoms with Gasteiger partial charge in [-0.3, -0.25) is 0 Å². The van der Waals surface area contributed by atoms with Gasteiger partial charge in [-0.1, -0.05) is 13.8 Å². The van der Waals surface area contributed by atoms with Crippen LogP contribution in [0.3, 0.4) is 0 Å². The predicted octanol–water partition coefficient (Wildman–Crippen LogP) is 6.59. The lowest BCUT2D eigenvalue weighted by atomic mass is 10.1. The quantitative estimate of drug-likeness (QED) is 0.212. The van der Waals surface area contributed by atoms with Gasteiger partial charge < -0.3 is 9.47 Å². The molecule has 0 spiro atoms. The lowest BCUT2D eigenvalue weighted by molar-refractivity contribution is 0.116. The summed E-state index contributed by atoms with van der Waals surface area (Å²) in [7, 11) is 0. The van der Waals surface area contributed by atoms with Gasteiger partial charge in [-0.2, -0.15) is 0 Å². The van der Waals surface area contributed by atoms with E-state index in [9.17, 15) is 0 Å². The van der Waals surface area contributed by atoms with Crippen LogP contribution in [0.4, 0.5) is 0 Å². The van der Waals surface area contributed by atoms with Crippen LogP contribution in [-0.2, 0) is 22.7 Å². The molecule has 0 N–H and O–H groups in total. The maximum Gasteiger partial charge on any atom is 0.0739 e. The first-order valence-corrected chi connectivity index (χ1v) is 9.70. The minimum absolute atomic E-state index is 0.571. The van der Waals surface area contributed by atoms with Gasteiger partial charge in [0.05, 0.1) is 13.2 Å². The van der Waals surface area contributed by atoms with Crippen molar-refractivity contribution in [3.8, 4) is 0 Å². The lowest BCUT2D eigenvalue weighted by Gasteiger charge is -2.17. The molecule has 0 aliphatic rings. The van der Waals surface area contributed by atoms with Crippen molar-refractivity contribution in [2.75, 3.05) is 13.2 Å². The minimum atomic E-state index is 0.571. The number of ether oxygens (including phenoxy) is 2. The van der Waals surface area contributed by atoms with Crippen molar-refractivity contribution in [1.29, 1.82) is 0 Å². The van der Waals surface area contributed by atoms with Gasteiger partial charge in [0, 0.05) is 42.2 Å². The highest BCUT2D eigenvalue weighted by molar-refractivity contribution is 9.14. The number of halogens is 4. The van der Waals surface area contributed by atoms with Crippen molar-refractivity contribution in [3.63, 3.8) is 0 Å². The van der Waals surface area contributed by atoms with Crippen LogP contribution in [0.2, 0.25) is 0 Å². The van der Waals surface area contributed by atoms with Gasteiger partial charge in [0.2, 0.25) is 0 Å². The molecule has 6 heteroatoms. The molecular weight excluding hydrogens is 520 g/mol. The highest BCUT2D eigenvalue weighted by Gasteiger charge is 2.19. The summed E-state index contributed by atoms with van der Waals surface area (Å²) in [6, 6.07) is 0. The molecule has 0 heterocycles. The summed E-state index contributed by atoms with van der Waals surface area (Å²) in [6.45, 7) is 6.86. The minimum Gasteiger partial charge on any atom is -0.377 e. The van der Waals surface area contributed by atoms with Crippen LogP contribution in [-0.4, -0.2) is 13.2 Å². The van der Waals surface area contributed by atoms with Gasteiger partial charge in [0.25, 0.3) is 0 Å².